The largest absolute Gasteiger partial charge is 0.357 e. The first kappa shape index (κ1) is 17.3. The molecule has 0 spiro atoms. The van der Waals surface area contributed by atoms with Gasteiger partial charge in [0.25, 0.3) is 0 Å². The summed E-state index contributed by atoms with van der Waals surface area (Å²) in [6.07, 6.45) is 8.54. The van der Waals surface area contributed by atoms with Crippen LogP contribution < -0.4 is 5.32 Å². The van der Waals surface area contributed by atoms with Crippen LogP contribution in [0.2, 0.25) is 0 Å². The Balaban J connectivity index is 2.46. The van der Waals surface area contributed by atoms with Gasteiger partial charge < -0.3 is 10.2 Å². The van der Waals surface area contributed by atoms with Gasteiger partial charge in [-0.15, -0.1) is 6.58 Å². The molecule has 0 amide bonds. The molecule has 0 bridgehead atoms. The maximum Gasteiger partial charge on any atom is 0.194 e. The lowest BCUT2D eigenvalue weighted by molar-refractivity contribution is 0.455. The van der Waals surface area contributed by atoms with Gasteiger partial charge in [0.1, 0.15) is 0 Å². The van der Waals surface area contributed by atoms with E-state index in [1.165, 1.54) is 19.3 Å². The second-order valence-electron chi connectivity index (χ2n) is 5.18. The molecular weight excluding hydrogens is 262 g/mol. The van der Waals surface area contributed by atoms with Gasteiger partial charge in [0.2, 0.25) is 0 Å². The summed E-state index contributed by atoms with van der Waals surface area (Å²) >= 11 is 0. The molecule has 1 heterocycles. The van der Waals surface area contributed by atoms with Crippen molar-refractivity contribution < 1.29 is 0 Å². The molecule has 21 heavy (non-hydrogen) atoms. The van der Waals surface area contributed by atoms with Gasteiger partial charge in [-0.2, -0.15) is 5.10 Å². The van der Waals surface area contributed by atoms with E-state index in [1.54, 1.807) is 6.20 Å². The zero-order valence-electron chi connectivity index (χ0n) is 13.7. The molecule has 0 aliphatic heterocycles. The van der Waals surface area contributed by atoms with Gasteiger partial charge in [-0.05, 0) is 32.3 Å². The summed E-state index contributed by atoms with van der Waals surface area (Å²) in [6, 6.07) is 2.00. The fourth-order valence-corrected chi connectivity index (χ4v) is 2.10. The minimum absolute atomic E-state index is 0.652. The Bertz CT molecular complexity index is 436. The number of rotatable bonds is 9. The Kier molecular flexibility index (Phi) is 8.24. The SMILES string of the molecule is C=CCCCCCN(C)C(=NCc1ccnn1C)NCC. The molecule has 0 atom stereocenters. The molecule has 1 N–H and O–H groups in total. The van der Waals surface area contributed by atoms with E-state index in [9.17, 15) is 0 Å². The zero-order chi connectivity index (χ0) is 15.5. The first-order chi connectivity index (χ1) is 10.2. The fraction of sp³-hybridized carbons (Fsp3) is 0.625. The van der Waals surface area contributed by atoms with E-state index in [0.717, 1.165) is 31.2 Å². The van der Waals surface area contributed by atoms with Crippen molar-refractivity contribution in [2.75, 3.05) is 20.1 Å². The standard InChI is InChI=1S/C16H29N5/c1-5-7-8-9-10-13-20(3)16(17-6-2)18-14-15-11-12-19-21(15)4/h5,11-12H,1,6-10,13-14H2,2-4H3,(H,17,18). The molecule has 118 valence electrons. The van der Waals surface area contributed by atoms with Gasteiger partial charge in [-0.3, -0.25) is 4.68 Å². The van der Waals surface area contributed by atoms with Crippen LogP contribution in [0.1, 0.15) is 38.3 Å². The summed E-state index contributed by atoms with van der Waals surface area (Å²) in [5.74, 6) is 0.961. The molecule has 1 rings (SSSR count). The van der Waals surface area contributed by atoms with Gasteiger partial charge in [-0.1, -0.05) is 12.5 Å². The summed E-state index contributed by atoms with van der Waals surface area (Å²) in [6.45, 7) is 8.40. The number of aliphatic imine (C=N–C) groups is 1. The number of unbranched alkanes of at least 4 members (excludes halogenated alkanes) is 3. The number of hydrogen-bond donors (Lipinski definition) is 1. The molecule has 1 aromatic rings. The zero-order valence-corrected chi connectivity index (χ0v) is 13.7. The van der Waals surface area contributed by atoms with Crippen molar-refractivity contribution in [2.24, 2.45) is 12.0 Å². The Hall–Kier alpha value is -1.78. The van der Waals surface area contributed by atoms with Crippen LogP contribution in [-0.4, -0.2) is 40.8 Å². The van der Waals surface area contributed by atoms with Gasteiger partial charge in [-0.25, -0.2) is 4.99 Å². The third-order valence-electron chi connectivity index (χ3n) is 3.41. The van der Waals surface area contributed by atoms with Gasteiger partial charge >= 0.3 is 0 Å². The molecule has 5 nitrogen and oxygen atoms in total. The predicted octanol–water partition coefficient (Wildman–Crippen LogP) is 2.56. The van der Waals surface area contributed by atoms with Crippen LogP contribution in [0.15, 0.2) is 29.9 Å². The van der Waals surface area contributed by atoms with Crippen LogP contribution in [0.3, 0.4) is 0 Å². The maximum atomic E-state index is 4.69. The lowest BCUT2D eigenvalue weighted by atomic mass is 10.2. The Labute approximate surface area is 128 Å². The molecule has 0 saturated carbocycles. The molecule has 0 unspecified atom stereocenters. The van der Waals surface area contributed by atoms with E-state index in [1.807, 2.05) is 23.9 Å². The highest BCUT2D eigenvalue weighted by atomic mass is 15.3. The average Bonchev–Trinajstić information content (AvgIpc) is 2.88. The number of hydrogen-bond acceptors (Lipinski definition) is 2. The maximum absolute atomic E-state index is 4.69. The Morgan fingerprint density at radius 1 is 1.48 bits per heavy atom. The van der Waals surface area contributed by atoms with Gasteiger partial charge in [0.05, 0.1) is 12.2 Å². The highest BCUT2D eigenvalue weighted by Gasteiger charge is 2.05. The number of aromatic nitrogens is 2. The molecular formula is C16H29N5. The first-order valence-corrected chi connectivity index (χ1v) is 7.76. The first-order valence-electron chi connectivity index (χ1n) is 7.76. The Morgan fingerprint density at radius 3 is 2.90 bits per heavy atom. The molecule has 1 aromatic heterocycles. The van der Waals surface area contributed by atoms with Crippen molar-refractivity contribution in [3.63, 3.8) is 0 Å². The van der Waals surface area contributed by atoms with Crippen LogP contribution in [0.5, 0.6) is 0 Å². The smallest absolute Gasteiger partial charge is 0.194 e. The van der Waals surface area contributed by atoms with E-state index < -0.39 is 0 Å². The number of allylic oxidation sites excluding steroid dienone is 1. The second kappa shape index (κ2) is 10.0. The molecule has 5 heteroatoms. The highest BCUT2D eigenvalue weighted by molar-refractivity contribution is 5.79. The van der Waals surface area contributed by atoms with Crippen LogP contribution >= 0.6 is 0 Å². The van der Waals surface area contributed by atoms with Crippen LogP contribution in [-0.2, 0) is 13.6 Å². The number of nitrogens with zero attached hydrogens (tertiary/aromatic N) is 4. The molecule has 0 aromatic carbocycles. The van der Waals surface area contributed by atoms with Gasteiger partial charge in [0, 0.05) is 33.4 Å². The monoisotopic (exact) mass is 291 g/mol. The molecule has 0 fully saturated rings. The highest BCUT2D eigenvalue weighted by Crippen LogP contribution is 2.03. The predicted molar refractivity (Wildman–Crippen MR) is 89.3 cm³/mol. The summed E-state index contributed by atoms with van der Waals surface area (Å²) in [4.78, 5) is 6.89. The van der Waals surface area contributed by atoms with Gasteiger partial charge in [0.15, 0.2) is 5.96 Å². The normalized spacial score (nSPS) is 11.5. The summed E-state index contributed by atoms with van der Waals surface area (Å²) in [5, 5.41) is 7.52. The topological polar surface area (TPSA) is 45.5 Å². The van der Waals surface area contributed by atoms with E-state index in [2.05, 4.69) is 40.9 Å². The lowest BCUT2D eigenvalue weighted by Gasteiger charge is -2.22. The van der Waals surface area contributed by atoms with E-state index >= 15 is 0 Å². The third-order valence-corrected chi connectivity index (χ3v) is 3.41. The minimum atomic E-state index is 0.652. The van der Waals surface area contributed by atoms with E-state index in [4.69, 9.17) is 0 Å². The van der Waals surface area contributed by atoms with E-state index in [0.29, 0.717) is 6.54 Å². The summed E-state index contributed by atoms with van der Waals surface area (Å²) in [7, 11) is 4.04. The quantitative estimate of drug-likeness (QED) is 0.329. The van der Waals surface area contributed by atoms with Crippen molar-refractivity contribution >= 4 is 5.96 Å². The summed E-state index contributed by atoms with van der Waals surface area (Å²) < 4.78 is 1.86. The van der Waals surface area contributed by atoms with E-state index in [-0.39, 0.29) is 0 Å². The van der Waals surface area contributed by atoms with Crippen molar-refractivity contribution in [1.82, 2.24) is 20.0 Å². The van der Waals surface area contributed by atoms with Crippen molar-refractivity contribution in [2.45, 2.75) is 39.2 Å². The lowest BCUT2D eigenvalue weighted by Crippen LogP contribution is -2.39. The average molecular weight is 291 g/mol. The number of nitrogens with one attached hydrogen (secondary N) is 1. The number of aryl methyl sites for hydroxylation is 1. The third kappa shape index (κ3) is 6.47. The molecule has 0 saturated heterocycles. The Morgan fingerprint density at radius 2 is 2.29 bits per heavy atom. The van der Waals surface area contributed by atoms with Crippen LogP contribution in [0.4, 0.5) is 0 Å². The molecule has 0 aliphatic rings. The van der Waals surface area contributed by atoms with Crippen molar-refractivity contribution in [1.29, 1.82) is 0 Å². The summed E-state index contributed by atoms with van der Waals surface area (Å²) in [5.41, 5.74) is 1.12. The molecule has 0 aliphatic carbocycles. The van der Waals surface area contributed by atoms with Crippen molar-refractivity contribution in [3.8, 4) is 0 Å². The van der Waals surface area contributed by atoms with Crippen LogP contribution in [0, 0.1) is 0 Å². The fourth-order valence-electron chi connectivity index (χ4n) is 2.10. The van der Waals surface area contributed by atoms with Crippen LogP contribution in [0.25, 0.3) is 0 Å². The minimum Gasteiger partial charge on any atom is -0.357 e. The molecule has 0 radical (unpaired) electrons. The van der Waals surface area contributed by atoms with Crippen molar-refractivity contribution in [3.05, 3.63) is 30.6 Å². The number of guanidine groups is 1. The second-order valence-corrected chi connectivity index (χ2v) is 5.18.